The monoisotopic (exact) mass is 306 g/mol. The summed E-state index contributed by atoms with van der Waals surface area (Å²) in [7, 11) is 1.93. The molecule has 1 N–H and O–H groups in total. The van der Waals surface area contributed by atoms with Gasteiger partial charge in [-0.15, -0.1) is 11.3 Å². The summed E-state index contributed by atoms with van der Waals surface area (Å²) in [5, 5.41) is 10.4. The van der Waals surface area contributed by atoms with Gasteiger partial charge in [0.2, 0.25) is 5.91 Å². The molecule has 2 aromatic heterocycles. The standard InChI is InChI=1S/C15H22N4OS/c1-10-14(11(2)19(4)18-10)5-6-15(20)16-8-7-13-9-21-12(3)17-13/h9H,5-8H2,1-4H3,(H,16,20). The zero-order chi connectivity index (χ0) is 15.4. The van der Waals surface area contributed by atoms with E-state index < -0.39 is 0 Å². The summed E-state index contributed by atoms with van der Waals surface area (Å²) < 4.78 is 1.87. The van der Waals surface area contributed by atoms with Crippen LogP contribution in [0.5, 0.6) is 0 Å². The maximum atomic E-state index is 11.9. The van der Waals surface area contributed by atoms with Gasteiger partial charge in [0, 0.05) is 37.5 Å². The molecule has 0 bridgehead atoms. The smallest absolute Gasteiger partial charge is 0.220 e. The third-order valence-electron chi connectivity index (χ3n) is 3.63. The fourth-order valence-electron chi connectivity index (χ4n) is 2.36. The number of aromatic nitrogens is 3. The van der Waals surface area contributed by atoms with E-state index in [1.807, 2.05) is 37.9 Å². The fourth-order valence-corrected chi connectivity index (χ4v) is 3.01. The van der Waals surface area contributed by atoms with E-state index in [0.29, 0.717) is 13.0 Å². The van der Waals surface area contributed by atoms with Crippen LogP contribution >= 0.6 is 11.3 Å². The van der Waals surface area contributed by atoms with Crippen molar-refractivity contribution in [2.45, 2.75) is 40.0 Å². The molecule has 0 aliphatic carbocycles. The number of aryl methyl sites for hydroxylation is 3. The highest BCUT2D eigenvalue weighted by molar-refractivity contribution is 7.09. The molecule has 0 radical (unpaired) electrons. The van der Waals surface area contributed by atoms with Gasteiger partial charge in [-0.1, -0.05) is 0 Å². The van der Waals surface area contributed by atoms with Crippen molar-refractivity contribution in [2.75, 3.05) is 6.54 Å². The number of nitrogens with zero attached hydrogens (tertiary/aromatic N) is 3. The summed E-state index contributed by atoms with van der Waals surface area (Å²) >= 11 is 1.64. The molecule has 0 aliphatic heterocycles. The lowest BCUT2D eigenvalue weighted by atomic mass is 10.1. The van der Waals surface area contributed by atoms with Crippen molar-refractivity contribution in [3.05, 3.63) is 33.0 Å². The van der Waals surface area contributed by atoms with Crippen LogP contribution in [0.3, 0.4) is 0 Å². The molecule has 2 rings (SSSR count). The Hall–Kier alpha value is -1.69. The SMILES string of the molecule is Cc1nc(CCNC(=O)CCc2c(C)nn(C)c2C)cs1. The quantitative estimate of drug-likeness (QED) is 0.889. The summed E-state index contributed by atoms with van der Waals surface area (Å²) in [5.41, 5.74) is 4.39. The van der Waals surface area contributed by atoms with Gasteiger partial charge in [0.15, 0.2) is 0 Å². The van der Waals surface area contributed by atoms with Crippen molar-refractivity contribution in [3.63, 3.8) is 0 Å². The van der Waals surface area contributed by atoms with Gasteiger partial charge in [0.25, 0.3) is 0 Å². The van der Waals surface area contributed by atoms with Gasteiger partial charge in [-0.3, -0.25) is 9.48 Å². The number of thiazole rings is 1. The second-order valence-electron chi connectivity index (χ2n) is 5.23. The van der Waals surface area contributed by atoms with Crippen LogP contribution < -0.4 is 5.32 Å². The van der Waals surface area contributed by atoms with Crippen LogP contribution in [0.4, 0.5) is 0 Å². The number of amides is 1. The Kier molecular flexibility index (Phi) is 5.12. The van der Waals surface area contributed by atoms with E-state index in [9.17, 15) is 4.79 Å². The lowest BCUT2D eigenvalue weighted by molar-refractivity contribution is -0.121. The molecule has 0 unspecified atom stereocenters. The number of hydrogen-bond acceptors (Lipinski definition) is 4. The van der Waals surface area contributed by atoms with Crippen molar-refractivity contribution in [2.24, 2.45) is 7.05 Å². The van der Waals surface area contributed by atoms with E-state index in [1.165, 1.54) is 5.56 Å². The van der Waals surface area contributed by atoms with E-state index in [0.717, 1.165) is 34.9 Å². The Labute approximate surface area is 129 Å². The molecule has 0 spiro atoms. The van der Waals surface area contributed by atoms with E-state index in [2.05, 4.69) is 15.4 Å². The van der Waals surface area contributed by atoms with Gasteiger partial charge in [-0.2, -0.15) is 5.10 Å². The van der Waals surface area contributed by atoms with Crippen molar-refractivity contribution in [1.29, 1.82) is 0 Å². The number of rotatable bonds is 6. The van der Waals surface area contributed by atoms with Crippen molar-refractivity contribution in [3.8, 4) is 0 Å². The molecule has 21 heavy (non-hydrogen) atoms. The highest BCUT2D eigenvalue weighted by Gasteiger charge is 2.11. The van der Waals surface area contributed by atoms with Gasteiger partial charge in [-0.05, 0) is 32.8 Å². The van der Waals surface area contributed by atoms with Crippen LogP contribution in [-0.2, 0) is 24.7 Å². The second-order valence-corrected chi connectivity index (χ2v) is 6.29. The van der Waals surface area contributed by atoms with E-state index in [-0.39, 0.29) is 5.91 Å². The number of carbonyl (C=O) groups excluding carboxylic acids is 1. The first-order valence-corrected chi connectivity index (χ1v) is 8.02. The zero-order valence-electron chi connectivity index (χ0n) is 13.1. The highest BCUT2D eigenvalue weighted by Crippen LogP contribution is 2.14. The average Bonchev–Trinajstić information content (AvgIpc) is 2.93. The van der Waals surface area contributed by atoms with Gasteiger partial charge >= 0.3 is 0 Å². The van der Waals surface area contributed by atoms with Crippen molar-refractivity contribution in [1.82, 2.24) is 20.1 Å². The minimum Gasteiger partial charge on any atom is -0.356 e. The third-order valence-corrected chi connectivity index (χ3v) is 4.45. The molecular weight excluding hydrogens is 284 g/mol. The van der Waals surface area contributed by atoms with E-state index >= 15 is 0 Å². The number of carbonyl (C=O) groups is 1. The number of nitrogens with one attached hydrogen (secondary N) is 1. The molecular formula is C15H22N4OS. The molecule has 0 fully saturated rings. The normalized spacial score (nSPS) is 10.9. The first kappa shape index (κ1) is 15.7. The molecule has 6 heteroatoms. The minimum atomic E-state index is 0.0876. The predicted octanol–water partition coefficient (Wildman–Crippen LogP) is 2.09. The third kappa shape index (κ3) is 4.14. The maximum absolute atomic E-state index is 11.9. The Morgan fingerprint density at radius 3 is 2.67 bits per heavy atom. The largest absolute Gasteiger partial charge is 0.356 e. The Balaban J connectivity index is 1.75. The summed E-state index contributed by atoms with van der Waals surface area (Å²) in [6.07, 6.45) is 2.04. The Bertz CT molecular complexity index is 630. The first-order chi connectivity index (χ1) is 9.97. The molecule has 0 saturated carbocycles. The van der Waals surface area contributed by atoms with Crippen LogP contribution in [0.25, 0.3) is 0 Å². The maximum Gasteiger partial charge on any atom is 0.220 e. The summed E-state index contributed by atoms with van der Waals surface area (Å²) in [5.74, 6) is 0.0876. The molecule has 114 valence electrons. The lowest BCUT2D eigenvalue weighted by Gasteiger charge is -2.05. The van der Waals surface area contributed by atoms with Crippen LogP contribution in [0.2, 0.25) is 0 Å². The molecule has 2 heterocycles. The molecule has 0 aliphatic rings. The van der Waals surface area contributed by atoms with Gasteiger partial charge in [-0.25, -0.2) is 4.98 Å². The first-order valence-electron chi connectivity index (χ1n) is 7.14. The van der Waals surface area contributed by atoms with Crippen LogP contribution in [-0.4, -0.2) is 27.2 Å². The van der Waals surface area contributed by atoms with E-state index in [4.69, 9.17) is 0 Å². The topological polar surface area (TPSA) is 59.8 Å². The van der Waals surface area contributed by atoms with Gasteiger partial charge in [0.1, 0.15) is 0 Å². The molecule has 2 aromatic rings. The fraction of sp³-hybridized carbons (Fsp3) is 0.533. The van der Waals surface area contributed by atoms with Crippen LogP contribution in [0, 0.1) is 20.8 Å². The number of hydrogen-bond donors (Lipinski definition) is 1. The highest BCUT2D eigenvalue weighted by atomic mass is 32.1. The van der Waals surface area contributed by atoms with Crippen molar-refractivity contribution >= 4 is 17.2 Å². The van der Waals surface area contributed by atoms with E-state index in [1.54, 1.807) is 11.3 Å². The molecule has 0 atom stereocenters. The second kappa shape index (κ2) is 6.85. The molecule has 0 saturated heterocycles. The lowest BCUT2D eigenvalue weighted by Crippen LogP contribution is -2.26. The van der Waals surface area contributed by atoms with Crippen molar-refractivity contribution < 1.29 is 4.79 Å². The van der Waals surface area contributed by atoms with Crippen LogP contribution in [0.15, 0.2) is 5.38 Å². The summed E-state index contributed by atoms with van der Waals surface area (Å²) in [4.78, 5) is 16.3. The molecule has 5 nitrogen and oxygen atoms in total. The summed E-state index contributed by atoms with van der Waals surface area (Å²) in [6, 6.07) is 0. The minimum absolute atomic E-state index is 0.0876. The van der Waals surface area contributed by atoms with Gasteiger partial charge in [0.05, 0.1) is 16.4 Å². The summed E-state index contributed by atoms with van der Waals surface area (Å²) in [6.45, 7) is 6.67. The Morgan fingerprint density at radius 2 is 2.10 bits per heavy atom. The Morgan fingerprint density at radius 1 is 1.33 bits per heavy atom. The average molecular weight is 306 g/mol. The van der Waals surface area contributed by atoms with Gasteiger partial charge < -0.3 is 5.32 Å². The zero-order valence-corrected chi connectivity index (χ0v) is 13.9. The van der Waals surface area contributed by atoms with Crippen LogP contribution in [0.1, 0.15) is 34.1 Å². The molecule has 1 amide bonds. The molecule has 0 aromatic carbocycles. The predicted molar refractivity (Wildman–Crippen MR) is 84.6 cm³/mol.